The molecule has 1 aromatic heterocycles. The molecule has 7 heteroatoms. The fraction of sp³-hybridized carbons (Fsp3) is 0.0833. The molecule has 0 fully saturated rings. The number of pyridine rings is 1. The maximum atomic E-state index is 12.7. The maximum absolute atomic E-state index is 12.7. The molecule has 0 radical (unpaired) electrons. The fourth-order valence-electron chi connectivity index (χ4n) is 1.46. The summed E-state index contributed by atoms with van der Waals surface area (Å²) in [6, 6.07) is 8.44. The van der Waals surface area contributed by atoms with Crippen LogP contribution in [0.2, 0.25) is 0 Å². The minimum Gasteiger partial charge on any atom is -0.381 e. The average Bonchev–Trinajstić information content (AvgIpc) is 2.37. The van der Waals surface area contributed by atoms with Crippen molar-refractivity contribution >= 4 is 15.9 Å². The minimum atomic E-state index is -4.81. The SMILES string of the molecule is O=S(=O)(F)c1cc(NCc2ccc(F)cc2)ccn1. The highest BCUT2D eigenvalue weighted by Gasteiger charge is 2.13. The van der Waals surface area contributed by atoms with E-state index in [0.29, 0.717) is 12.2 Å². The fourth-order valence-corrected chi connectivity index (χ4v) is 1.91. The van der Waals surface area contributed by atoms with E-state index in [1.54, 1.807) is 12.1 Å². The van der Waals surface area contributed by atoms with E-state index in [1.165, 1.54) is 24.4 Å². The first kappa shape index (κ1) is 13.4. The van der Waals surface area contributed by atoms with E-state index in [0.717, 1.165) is 11.6 Å². The van der Waals surface area contributed by atoms with E-state index in [2.05, 4.69) is 10.3 Å². The second kappa shape index (κ2) is 5.31. The zero-order chi connectivity index (χ0) is 13.9. The monoisotopic (exact) mass is 284 g/mol. The highest BCUT2D eigenvalue weighted by molar-refractivity contribution is 7.86. The molecule has 0 spiro atoms. The third kappa shape index (κ3) is 3.72. The molecule has 19 heavy (non-hydrogen) atoms. The molecule has 0 bridgehead atoms. The number of hydrogen-bond donors (Lipinski definition) is 1. The van der Waals surface area contributed by atoms with Crippen molar-refractivity contribution < 1.29 is 16.7 Å². The molecule has 1 aromatic carbocycles. The van der Waals surface area contributed by atoms with Crippen molar-refractivity contribution in [2.24, 2.45) is 0 Å². The number of halogens is 2. The zero-order valence-corrected chi connectivity index (χ0v) is 10.5. The summed E-state index contributed by atoms with van der Waals surface area (Å²) in [7, 11) is -4.81. The Labute approximate surface area is 109 Å². The van der Waals surface area contributed by atoms with Crippen molar-refractivity contribution in [2.45, 2.75) is 11.6 Å². The molecule has 0 amide bonds. The van der Waals surface area contributed by atoms with Crippen LogP contribution in [0.15, 0.2) is 47.6 Å². The molecule has 0 aliphatic heterocycles. The van der Waals surface area contributed by atoms with Gasteiger partial charge in [-0.1, -0.05) is 16.0 Å². The summed E-state index contributed by atoms with van der Waals surface area (Å²) >= 11 is 0. The van der Waals surface area contributed by atoms with E-state index in [-0.39, 0.29) is 5.82 Å². The Hall–Kier alpha value is -2.02. The van der Waals surface area contributed by atoms with Gasteiger partial charge in [0.15, 0.2) is 5.03 Å². The van der Waals surface area contributed by atoms with Gasteiger partial charge < -0.3 is 5.32 Å². The van der Waals surface area contributed by atoms with E-state index in [1.807, 2.05) is 0 Å². The molecule has 0 aliphatic carbocycles. The molecule has 0 saturated carbocycles. The summed E-state index contributed by atoms with van der Waals surface area (Å²) in [5, 5.41) is 2.26. The Morgan fingerprint density at radius 1 is 1.16 bits per heavy atom. The minimum absolute atomic E-state index is 0.335. The van der Waals surface area contributed by atoms with Gasteiger partial charge in [-0.15, -0.1) is 0 Å². The van der Waals surface area contributed by atoms with Crippen molar-refractivity contribution in [1.29, 1.82) is 0 Å². The van der Waals surface area contributed by atoms with E-state index in [4.69, 9.17) is 0 Å². The molecule has 0 unspecified atom stereocenters. The van der Waals surface area contributed by atoms with Crippen LogP contribution < -0.4 is 5.32 Å². The van der Waals surface area contributed by atoms with Gasteiger partial charge in [0, 0.05) is 24.5 Å². The van der Waals surface area contributed by atoms with Crippen LogP contribution in [0.1, 0.15) is 5.56 Å². The Bertz CT molecular complexity index is 672. The van der Waals surface area contributed by atoms with Gasteiger partial charge in [0.05, 0.1) is 0 Å². The van der Waals surface area contributed by atoms with Gasteiger partial charge >= 0.3 is 10.2 Å². The van der Waals surface area contributed by atoms with Crippen molar-refractivity contribution in [1.82, 2.24) is 4.98 Å². The molecule has 100 valence electrons. The lowest BCUT2D eigenvalue weighted by Crippen LogP contribution is -2.02. The lowest BCUT2D eigenvalue weighted by molar-refractivity contribution is 0.548. The lowest BCUT2D eigenvalue weighted by Gasteiger charge is -2.06. The standard InChI is InChI=1S/C12H10F2N2O2S/c13-10-3-1-9(2-4-10)8-16-11-5-6-15-12(7-11)19(14,17)18/h1-7H,8H2,(H,15,16). The van der Waals surface area contributed by atoms with Crippen molar-refractivity contribution in [3.63, 3.8) is 0 Å². The quantitative estimate of drug-likeness (QED) is 0.876. The van der Waals surface area contributed by atoms with Crippen LogP contribution >= 0.6 is 0 Å². The Kier molecular flexibility index (Phi) is 3.75. The van der Waals surface area contributed by atoms with E-state index >= 15 is 0 Å². The molecule has 0 aliphatic rings. The molecule has 1 N–H and O–H groups in total. The molecule has 1 heterocycles. The van der Waals surface area contributed by atoms with Crippen LogP contribution in [0.4, 0.5) is 14.0 Å². The highest BCUT2D eigenvalue weighted by atomic mass is 32.3. The number of aromatic nitrogens is 1. The topological polar surface area (TPSA) is 59.1 Å². The number of benzene rings is 1. The van der Waals surface area contributed by atoms with E-state index in [9.17, 15) is 16.7 Å². The van der Waals surface area contributed by atoms with Gasteiger partial charge in [0.2, 0.25) is 0 Å². The summed E-state index contributed by atoms with van der Waals surface area (Å²) < 4.78 is 46.8. The van der Waals surface area contributed by atoms with Gasteiger partial charge in [-0.25, -0.2) is 9.37 Å². The summed E-state index contributed by atoms with van der Waals surface area (Å²) in [6.45, 7) is 0.357. The normalized spacial score (nSPS) is 11.3. The second-order valence-corrected chi connectivity index (χ2v) is 5.09. The summed E-state index contributed by atoms with van der Waals surface area (Å²) in [6.07, 6.45) is 1.19. The Morgan fingerprint density at radius 3 is 2.47 bits per heavy atom. The van der Waals surface area contributed by atoms with E-state index < -0.39 is 15.2 Å². The molecule has 0 atom stereocenters. The van der Waals surface area contributed by atoms with Crippen molar-refractivity contribution in [2.75, 3.05) is 5.32 Å². The predicted octanol–water partition coefficient (Wildman–Crippen LogP) is 2.49. The van der Waals surface area contributed by atoms with Crippen LogP contribution in [0.5, 0.6) is 0 Å². The van der Waals surface area contributed by atoms with Gasteiger partial charge in [0.1, 0.15) is 5.82 Å². The van der Waals surface area contributed by atoms with Crippen LogP contribution in [-0.4, -0.2) is 13.4 Å². The van der Waals surface area contributed by atoms with Gasteiger partial charge in [-0.2, -0.15) is 8.42 Å². The smallest absolute Gasteiger partial charge is 0.349 e. The molecule has 0 saturated heterocycles. The zero-order valence-electron chi connectivity index (χ0n) is 9.68. The molecular formula is C12H10F2N2O2S. The number of nitrogens with zero attached hydrogens (tertiary/aromatic N) is 1. The largest absolute Gasteiger partial charge is 0.381 e. The number of rotatable bonds is 4. The third-order valence-corrected chi connectivity index (χ3v) is 3.12. The lowest BCUT2D eigenvalue weighted by atomic mass is 10.2. The summed E-state index contributed by atoms with van der Waals surface area (Å²) in [5.41, 5.74) is 1.22. The average molecular weight is 284 g/mol. The van der Waals surface area contributed by atoms with Crippen molar-refractivity contribution in [3.05, 3.63) is 54.0 Å². The van der Waals surface area contributed by atoms with Crippen LogP contribution in [0.25, 0.3) is 0 Å². The first-order valence-corrected chi connectivity index (χ1v) is 6.72. The molecule has 4 nitrogen and oxygen atoms in total. The number of anilines is 1. The first-order chi connectivity index (χ1) is 8.95. The molecular weight excluding hydrogens is 274 g/mol. The van der Waals surface area contributed by atoms with Crippen LogP contribution in [0.3, 0.4) is 0 Å². The number of hydrogen-bond acceptors (Lipinski definition) is 4. The summed E-state index contributed by atoms with van der Waals surface area (Å²) in [5.74, 6) is -0.335. The third-order valence-electron chi connectivity index (χ3n) is 2.39. The maximum Gasteiger partial charge on any atom is 0.349 e. The van der Waals surface area contributed by atoms with Crippen LogP contribution in [-0.2, 0) is 16.8 Å². The highest BCUT2D eigenvalue weighted by Crippen LogP contribution is 2.15. The van der Waals surface area contributed by atoms with Crippen LogP contribution in [0, 0.1) is 5.82 Å². The van der Waals surface area contributed by atoms with Gasteiger partial charge in [-0.05, 0) is 23.8 Å². The predicted molar refractivity (Wildman–Crippen MR) is 66.3 cm³/mol. The molecule has 2 aromatic rings. The first-order valence-electron chi connectivity index (χ1n) is 5.34. The van der Waals surface area contributed by atoms with Gasteiger partial charge in [-0.3, -0.25) is 0 Å². The molecule has 2 rings (SSSR count). The van der Waals surface area contributed by atoms with Gasteiger partial charge in [0.25, 0.3) is 0 Å². The summed E-state index contributed by atoms with van der Waals surface area (Å²) in [4.78, 5) is 3.42. The second-order valence-electron chi connectivity index (χ2n) is 3.80. The number of nitrogens with one attached hydrogen (secondary N) is 1. The Balaban J connectivity index is 2.10. The van der Waals surface area contributed by atoms with Crippen molar-refractivity contribution in [3.8, 4) is 0 Å². The Morgan fingerprint density at radius 2 is 1.84 bits per heavy atom.